The number of likely N-dealkylation sites (tertiary alicyclic amines) is 1. The highest BCUT2D eigenvalue weighted by Gasteiger charge is 2.28. The molecule has 4 N–H and O–H groups in total. The third-order valence-electron chi connectivity index (χ3n) is 4.43. The minimum atomic E-state index is -0.0987. The van der Waals surface area contributed by atoms with Gasteiger partial charge in [0.05, 0.1) is 17.3 Å². The largest absolute Gasteiger partial charge is 1.00 e. The normalized spacial score (nSPS) is 16.8. The van der Waals surface area contributed by atoms with Crippen molar-refractivity contribution in [3.63, 3.8) is 0 Å². The maximum absolute atomic E-state index is 13.0. The molecule has 1 amide bonds. The first-order chi connectivity index (χ1) is 12.1. The van der Waals surface area contributed by atoms with E-state index in [0.29, 0.717) is 47.7 Å². The SMILES string of the molecule is CCn1c(-c2nonc2N)nc2cncc(C(=O)N3CC[C@H](N)C3)c21.[Cl-]. The van der Waals surface area contributed by atoms with Crippen molar-refractivity contribution < 1.29 is 21.8 Å². The lowest BCUT2D eigenvalue weighted by molar-refractivity contribution is -0.0000151. The van der Waals surface area contributed by atoms with E-state index in [1.807, 2.05) is 11.5 Å². The summed E-state index contributed by atoms with van der Waals surface area (Å²) in [5, 5.41) is 7.43. The number of nitrogens with zero attached hydrogens (tertiary/aromatic N) is 6. The summed E-state index contributed by atoms with van der Waals surface area (Å²) in [7, 11) is 0. The molecule has 10 nitrogen and oxygen atoms in total. The van der Waals surface area contributed by atoms with E-state index in [1.54, 1.807) is 17.3 Å². The number of amides is 1. The number of halogens is 1. The van der Waals surface area contributed by atoms with E-state index in [0.717, 1.165) is 6.42 Å². The van der Waals surface area contributed by atoms with Crippen LogP contribution in [0, 0.1) is 0 Å². The highest BCUT2D eigenvalue weighted by atomic mass is 35.5. The van der Waals surface area contributed by atoms with Crippen molar-refractivity contribution in [2.45, 2.75) is 25.9 Å². The summed E-state index contributed by atoms with van der Waals surface area (Å²) in [6.45, 7) is 3.71. The van der Waals surface area contributed by atoms with Gasteiger partial charge in [0.2, 0.25) is 0 Å². The molecule has 4 heterocycles. The number of hydrogen-bond donors (Lipinski definition) is 2. The zero-order valence-electron chi connectivity index (χ0n) is 14.1. The van der Waals surface area contributed by atoms with Gasteiger partial charge in [-0.1, -0.05) is 0 Å². The van der Waals surface area contributed by atoms with Crippen molar-refractivity contribution in [2.75, 3.05) is 18.8 Å². The minimum absolute atomic E-state index is 0. The van der Waals surface area contributed by atoms with Crippen LogP contribution >= 0.6 is 0 Å². The highest BCUT2D eigenvalue weighted by molar-refractivity contribution is 6.05. The lowest BCUT2D eigenvalue weighted by Gasteiger charge is -2.16. The fourth-order valence-corrected chi connectivity index (χ4v) is 3.23. The smallest absolute Gasteiger partial charge is 0.257 e. The van der Waals surface area contributed by atoms with Gasteiger partial charge in [0.25, 0.3) is 5.91 Å². The Labute approximate surface area is 154 Å². The number of nitrogen functional groups attached to an aromatic ring is 1. The predicted octanol–water partition coefficient (Wildman–Crippen LogP) is -2.74. The standard InChI is InChI=1S/C15H18N8O2.ClH/c1-2-23-12-9(15(24)22-4-3-8(16)7-22)5-18-6-10(12)19-14(23)11-13(17)21-25-20-11;/h5-6,8H,2-4,7,16H2,1H3,(H2,17,21);1H/p-1/t8-;/m0./s1. The number of carbonyl (C=O) groups is 1. The van der Waals surface area contributed by atoms with Crippen LogP contribution in [-0.2, 0) is 6.54 Å². The summed E-state index contributed by atoms with van der Waals surface area (Å²) < 4.78 is 6.55. The van der Waals surface area contributed by atoms with Crippen molar-refractivity contribution in [1.29, 1.82) is 0 Å². The van der Waals surface area contributed by atoms with Gasteiger partial charge >= 0.3 is 0 Å². The van der Waals surface area contributed by atoms with Crippen LogP contribution in [0.1, 0.15) is 23.7 Å². The summed E-state index contributed by atoms with van der Waals surface area (Å²) >= 11 is 0. The molecule has 0 bridgehead atoms. The zero-order valence-corrected chi connectivity index (χ0v) is 14.8. The summed E-state index contributed by atoms with van der Waals surface area (Å²) in [6.07, 6.45) is 3.98. The molecular weight excluding hydrogens is 360 g/mol. The van der Waals surface area contributed by atoms with Crippen molar-refractivity contribution >= 4 is 22.8 Å². The van der Waals surface area contributed by atoms with E-state index in [-0.39, 0.29) is 30.2 Å². The number of nitrogens with two attached hydrogens (primary N) is 2. The molecule has 0 radical (unpaired) electrons. The topological polar surface area (TPSA) is 142 Å². The van der Waals surface area contributed by atoms with Crippen molar-refractivity contribution in [1.82, 2.24) is 29.7 Å². The van der Waals surface area contributed by atoms with Gasteiger partial charge in [-0.3, -0.25) is 9.78 Å². The van der Waals surface area contributed by atoms with E-state index in [9.17, 15) is 4.79 Å². The van der Waals surface area contributed by atoms with Crippen LogP contribution in [0.3, 0.4) is 0 Å². The third-order valence-corrected chi connectivity index (χ3v) is 4.43. The first-order valence-corrected chi connectivity index (χ1v) is 8.07. The zero-order chi connectivity index (χ0) is 17.6. The molecular formula is C15H18ClN8O2-. The van der Waals surface area contributed by atoms with Crippen LogP contribution < -0.4 is 23.9 Å². The second kappa shape index (κ2) is 6.89. The Hall–Kier alpha value is -2.72. The van der Waals surface area contributed by atoms with E-state index in [2.05, 4.69) is 24.9 Å². The number of hydrogen-bond acceptors (Lipinski definition) is 8. The molecule has 138 valence electrons. The summed E-state index contributed by atoms with van der Waals surface area (Å²) in [5.74, 6) is 0.547. The fourth-order valence-electron chi connectivity index (χ4n) is 3.23. The van der Waals surface area contributed by atoms with Gasteiger partial charge in [-0.2, -0.15) is 0 Å². The number of rotatable bonds is 3. The van der Waals surface area contributed by atoms with Crippen LogP contribution in [0.4, 0.5) is 5.82 Å². The molecule has 4 rings (SSSR count). The molecule has 11 heteroatoms. The van der Waals surface area contributed by atoms with Crippen LogP contribution in [-0.4, -0.2) is 54.8 Å². The third kappa shape index (κ3) is 2.76. The van der Waals surface area contributed by atoms with Gasteiger partial charge in [0.15, 0.2) is 17.3 Å². The first-order valence-electron chi connectivity index (χ1n) is 8.07. The average Bonchev–Trinajstić information content (AvgIpc) is 3.31. The summed E-state index contributed by atoms with van der Waals surface area (Å²) in [6, 6.07) is 0.0174. The Morgan fingerprint density at radius 3 is 2.81 bits per heavy atom. The quantitative estimate of drug-likeness (QED) is 0.500. The van der Waals surface area contributed by atoms with Crippen LogP contribution in [0.15, 0.2) is 17.0 Å². The Morgan fingerprint density at radius 2 is 2.19 bits per heavy atom. The average molecular weight is 378 g/mol. The van der Waals surface area contributed by atoms with Gasteiger partial charge in [-0.05, 0) is 23.7 Å². The number of aryl methyl sites for hydroxylation is 1. The molecule has 3 aromatic heterocycles. The molecule has 0 saturated carbocycles. The lowest BCUT2D eigenvalue weighted by Crippen LogP contribution is -3.00. The summed E-state index contributed by atoms with van der Waals surface area (Å²) in [5.41, 5.74) is 13.9. The Morgan fingerprint density at radius 1 is 1.38 bits per heavy atom. The van der Waals surface area contributed by atoms with Gasteiger partial charge < -0.3 is 33.3 Å². The number of imidazole rings is 1. The van der Waals surface area contributed by atoms with Gasteiger partial charge in [0.1, 0.15) is 5.52 Å². The van der Waals surface area contributed by atoms with Crippen molar-refractivity contribution in [3.05, 3.63) is 18.0 Å². The van der Waals surface area contributed by atoms with E-state index < -0.39 is 0 Å². The fraction of sp³-hybridized carbons (Fsp3) is 0.400. The van der Waals surface area contributed by atoms with Crippen molar-refractivity contribution in [3.8, 4) is 11.5 Å². The van der Waals surface area contributed by atoms with Gasteiger partial charge in [0, 0.05) is 31.9 Å². The lowest BCUT2D eigenvalue weighted by atomic mass is 10.2. The molecule has 0 aromatic carbocycles. The Balaban J connectivity index is 0.00000196. The molecule has 1 aliphatic rings. The van der Waals surface area contributed by atoms with Crippen LogP contribution in [0.25, 0.3) is 22.6 Å². The number of carbonyl (C=O) groups excluding carboxylic acids is 1. The van der Waals surface area contributed by atoms with Gasteiger partial charge in [-0.25, -0.2) is 9.61 Å². The number of aromatic nitrogens is 5. The number of fused-ring (bicyclic) bond motifs is 1. The maximum Gasteiger partial charge on any atom is 0.257 e. The van der Waals surface area contributed by atoms with Crippen LogP contribution in [0.5, 0.6) is 0 Å². The number of anilines is 1. The van der Waals surface area contributed by atoms with Crippen LogP contribution in [0.2, 0.25) is 0 Å². The molecule has 1 aliphatic heterocycles. The molecule has 1 fully saturated rings. The second-order valence-electron chi connectivity index (χ2n) is 6.03. The Kier molecular flexibility index (Phi) is 4.79. The minimum Gasteiger partial charge on any atom is -1.00 e. The van der Waals surface area contributed by atoms with E-state index >= 15 is 0 Å². The highest BCUT2D eigenvalue weighted by Crippen LogP contribution is 2.29. The molecule has 0 unspecified atom stereocenters. The Bertz CT molecular complexity index is 952. The molecule has 26 heavy (non-hydrogen) atoms. The molecule has 0 spiro atoms. The second-order valence-corrected chi connectivity index (χ2v) is 6.03. The maximum atomic E-state index is 13.0. The predicted molar refractivity (Wildman–Crippen MR) is 89.4 cm³/mol. The summed E-state index contributed by atoms with van der Waals surface area (Å²) in [4.78, 5) is 23.4. The van der Waals surface area contributed by atoms with E-state index in [1.165, 1.54) is 0 Å². The van der Waals surface area contributed by atoms with Crippen molar-refractivity contribution in [2.24, 2.45) is 5.73 Å². The first kappa shape index (κ1) is 18.1. The molecule has 3 aromatic rings. The monoisotopic (exact) mass is 377 g/mol. The molecule has 1 atom stereocenters. The van der Waals surface area contributed by atoms with Gasteiger partial charge in [-0.15, -0.1) is 0 Å². The number of pyridine rings is 1. The molecule has 0 aliphatic carbocycles. The molecule has 1 saturated heterocycles. The van der Waals surface area contributed by atoms with E-state index in [4.69, 9.17) is 11.5 Å².